The van der Waals surface area contributed by atoms with Crippen molar-refractivity contribution in [1.82, 2.24) is 21.3 Å². The van der Waals surface area contributed by atoms with Gasteiger partial charge in [0.1, 0.15) is 18.1 Å². The number of nitrogens with two attached hydrogens (primary N) is 3. The highest BCUT2D eigenvalue weighted by molar-refractivity contribution is 5.95. The lowest BCUT2D eigenvalue weighted by Gasteiger charge is -2.20. The van der Waals surface area contributed by atoms with Gasteiger partial charge < -0.3 is 53.8 Å². The maximum Gasteiger partial charge on any atom is 0.328 e. The molecule has 0 aromatic heterocycles. The van der Waals surface area contributed by atoms with Crippen molar-refractivity contribution in [1.29, 1.82) is 0 Å². The zero-order valence-electron chi connectivity index (χ0n) is 18.2. The Morgan fingerprint density at radius 2 is 1.47 bits per heavy atom. The van der Waals surface area contributed by atoms with E-state index in [9.17, 15) is 28.8 Å². The summed E-state index contributed by atoms with van der Waals surface area (Å²) < 4.78 is 0. The van der Waals surface area contributed by atoms with Crippen molar-refractivity contribution in [2.45, 2.75) is 37.4 Å². The largest absolute Gasteiger partial charge is 0.481 e. The molecule has 0 bridgehead atoms. The molecular weight excluding hydrogens is 460 g/mol. The van der Waals surface area contributed by atoms with E-state index in [1.165, 1.54) is 0 Å². The van der Waals surface area contributed by atoms with Gasteiger partial charge in [-0.2, -0.15) is 0 Å². The Morgan fingerprint density at radius 3 is 1.97 bits per heavy atom. The van der Waals surface area contributed by atoms with Crippen LogP contribution in [-0.4, -0.2) is 101 Å². The number of guanidine groups is 1. The van der Waals surface area contributed by atoms with Gasteiger partial charge in [-0.3, -0.25) is 29.0 Å². The summed E-state index contributed by atoms with van der Waals surface area (Å²) in [6.07, 6.45) is -0.509. The van der Waals surface area contributed by atoms with Crippen LogP contribution in [0.5, 0.6) is 0 Å². The van der Waals surface area contributed by atoms with Crippen LogP contribution in [-0.2, 0) is 28.8 Å². The lowest BCUT2D eigenvalue weighted by Crippen LogP contribution is -2.55. The minimum absolute atomic E-state index is 0.0950. The number of amides is 4. The second kappa shape index (κ2) is 15.8. The third-order valence-corrected chi connectivity index (χ3v) is 4.03. The Kier molecular flexibility index (Phi) is 13.9. The number of rotatable bonds is 16. The number of nitrogens with one attached hydrogen (secondary N) is 4. The Labute approximate surface area is 193 Å². The molecule has 4 amide bonds. The minimum atomic E-state index is -1.72. The minimum Gasteiger partial charge on any atom is -0.481 e. The van der Waals surface area contributed by atoms with Gasteiger partial charge in [0.25, 0.3) is 0 Å². The molecule has 0 unspecified atom stereocenters. The molecule has 0 saturated carbocycles. The average Bonchev–Trinajstić information content (AvgIpc) is 2.76. The molecule has 0 spiro atoms. The highest BCUT2D eigenvalue weighted by atomic mass is 16.4. The topological polar surface area (TPSA) is 302 Å². The number of carboxylic acid groups (broad SMARTS) is 2. The number of carbonyl (C=O) groups excluding carboxylic acids is 4. The van der Waals surface area contributed by atoms with E-state index in [0.717, 1.165) is 0 Å². The zero-order chi connectivity index (χ0) is 26.3. The maximum absolute atomic E-state index is 12.4. The van der Waals surface area contributed by atoms with Crippen molar-refractivity contribution in [3.05, 3.63) is 0 Å². The number of carboxylic acids is 2. The van der Waals surface area contributed by atoms with E-state index in [4.69, 9.17) is 32.5 Å². The van der Waals surface area contributed by atoms with Gasteiger partial charge in [-0.15, -0.1) is 0 Å². The maximum atomic E-state index is 12.4. The third-order valence-electron chi connectivity index (χ3n) is 4.03. The number of hydrogen-bond acceptors (Lipinski definition) is 9. The fourth-order valence-electron chi connectivity index (χ4n) is 2.40. The summed E-state index contributed by atoms with van der Waals surface area (Å²) in [6, 6.07) is -4.49. The van der Waals surface area contributed by atoms with Gasteiger partial charge in [-0.1, -0.05) is 0 Å². The molecule has 192 valence electrons. The first-order valence-corrected chi connectivity index (χ1v) is 9.88. The number of aliphatic imine (C=N–C) groups is 1. The van der Waals surface area contributed by atoms with E-state index >= 15 is 0 Å². The Hall–Kier alpha value is -3.99. The summed E-state index contributed by atoms with van der Waals surface area (Å²) in [6.45, 7) is -1.89. The lowest BCUT2D eigenvalue weighted by molar-refractivity contribution is -0.144. The molecule has 17 nitrogen and oxygen atoms in total. The van der Waals surface area contributed by atoms with Crippen molar-refractivity contribution in [3.8, 4) is 0 Å². The number of aliphatic carboxylic acids is 2. The van der Waals surface area contributed by atoms with Gasteiger partial charge in [0.05, 0.1) is 26.1 Å². The first-order chi connectivity index (χ1) is 15.9. The van der Waals surface area contributed by atoms with E-state index < -0.39 is 79.8 Å². The Balaban J connectivity index is 5.04. The average molecular weight is 490 g/mol. The molecule has 0 heterocycles. The molecule has 34 heavy (non-hydrogen) atoms. The van der Waals surface area contributed by atoms with Gasteiger partial charge >= 0.3 is 11.9 Å². The first kappa shape index (κ1) is 30.0. The van der Waals surface area contributed by atoms with Crippen molar-refractivity contribution in [2.24, 2.45) is 22.2 Å². The predicted molar refractivity (Wildman–Crippen MR) is 115 cm³/mol. The van der Waals surface area contributed by atoms with Crippen molar-refractivity contribution in [3.63, 3.8) is 0 Å². The second-order valence-electron chi connectivity index (χ2n) is 6.79. The smallest absolute Gasteiger partial charge is 0.328 e. The molecule has 0 rings (SSSR count). The van der Waals surface area contributed by atoms with Gasteiger partial charge in [-0.25, -0.2) is 4.79 Å². The summed E-state index contributed by atoms with van der Waals surface area (Å²) >= 11 is 0. The molecule has 0 radical (unpaired) electrons. The van der Waals surface area contributed by atoms with Gasteiger partial charge in [0.2, 0.25) is 23.6 Å². The molecule has 0 saturated heterocycles. The monoisotopic (exact) mass is 490 g/mol. The van der Waals surface area contributed by atoms with Crippen LogP contribution < -0.4 is 38.5 Å². The van der Waals surface area contributed by atoms with Crippen LogP contribution >= 0.6 is 0 Å². The number of carbonyl (C=O) groups is 6. The summed E-state index contributed by atoms with van der Waals surface area (Å²) in [5.41, 5.74) is 15.6. The summed E-state index contributed by atoms with van der Waals surface area (Å²) in [4.78, 5) is 73.9. The zero-order valence-corrected chi connectivity index (χ0v) is 18.2. The van der Waals surface area contributed by atoms with Crippen molar-refractivity contribution < 1.29 is 44.1 Å². The number of nitrogens with zero attached hydrogens (tertiary/aromatic N) is 1. The number of hydrogen-bond donors (Lipinski definition) is 10. The number of aliphatic hydroxyl groups is 1. The van der Waals surface area contributed by atoms with Crippen molar-refractivity contribution >= 4 is 41.5 Å². The molecule has 13 N–H and O–H groups in total. The molecule has 0 aromatic carbocycles. The molecule has 0 aliphatic heterocycles. The predicted octanol–water partition coefficient (Wildman–Crippen LogP) is -5.88. The van der Waals surface area contributed by atoms with E-state index in [0.29, 0.717) is 6.42 Å². The third kappa shape index (κ3) is 12.8. The van der Waals surface area contributed by atoms with Gasteiger partial charge in [0.15, 0.2) is 5.96 Å². The van der Waals surface area contributed by atoms with Crippen LogP contribution in [0.3, 0.4) is 0 Å². The normalized spacial score (nSPS) is 12.9. The Bertz CT molecular complexity index is 785. The van der Waals surface area contributed by atoms with E-state index in [1.807, 2.05) is 5.32 Å². The summed E-state index contributed by atoms with van der Waals surface area (Å²) in [7, 11) is 0. The molecule has 17 heteroatoms. The van der Waals surface area contributed by atoms with Gasteiger partial charge in [-0.05, 0) is 12.8 Å². The molecule has 0 aliphatic rings. The lowest BCUT2D eigenvalue weighted by atomic mass is 10.1. The molecule has 0 fully saturated rings. The van der Waals surface area contributed by atoms with Crippen LogP contribution in [0.4, 0.5) is 0 Å². The Morgan fingerprint density at radius 1 is 0.853 bits per heavy atom. The van der Waals surface area contributed by atoms with Crippen LogP contribution in [0.25, 0.3) is 0 Å². The summed E-state index contributed by atoms with van der Waals surface area (Å²) in [5, 5.41) is 35.3. The standard InChI is InChI=1S/C17H30N8O9/c18-5-11(27)23-8(2-1-3-21-17(19)20)14(31)22-6-12(28)24-9(4-13(29)30)15(32)25-10(7-26)16(33)34/h8-10,26H,1-7,18H2,(H,22,31)(H,23,27)(H,24,28)(H,25,32)(H,29,30)(H,33,34)(H4,19,20,21)/t8-,9+,10-/m0/s1. The van der Waals surface area contributed by atoms with E-state index in [2.05, 4.69) is 20.9 Å². The summed E-state index contributed by atoms with van der Waals surface area (Å²) in [5.74, 6) is -6.77. The molecule has 0 aliphatic carbocycles. The van der Waals surface area contributed by atoms with Crippen LogP contribution in [0, 0.1) is 0 Å². The van der Waals surface area contributed by atoms with E-state index in [-0.39, 0.29) is 18.9 Å². The SMILES string of the molecule is NCC(=O)N[C@@H](CCCN=C(N)N)C(=O)NCC(=O)N[C@H](CC(=O)O)C(=O)N[C@@H](CO)C(=O)O. The second-order valence-corrected chi connectivity index (χ2v) is 6.79. The first-order valence-electron chi connectivity index (χ1n) is 9.88. The van der Waals surface area contributed by atoms with Crippen LogP contribution in [0.1, 0.15) is 19.3 Å². The van der Waals surface area contributed by atoms with Crippen LogP contribution in [0.15, 0.2) is 4.99 Å². The fourth-order valence-corrected chi connectivity index (χ4v) is 2.40. The van der Waals surface area contributed by atoms with E-state index in [1.54, 1.807) is 0 Å². The molecule has 0 aromatic rings. The highest BCUT2D eigenvalue weighted by Gasteiger charge is 2.28. The highest BCUT2D eigenvalue weighted by Crippen LogP contribution is 1.99. The van der Waals surface area contributed by atoms with Gasteiger partial charge in [0, 0.05) is 6.54 Å². The number of aliphatic hydroxyl groups excluding tert-OH is 1. The fraction of sp³-hybridized carbons (Fsp3) is 0.588. The molecular formula is C17H30N8O9. The van der Waals surface area contributed by atoms with Crippen molar-refractivity contribution in [2.75, 3.05) is 26.2 Å². The van der Waals surface area contributed by atoms with Crippen LogP contribution in [0.2, 0.25) is 0 Å². The quantitative estimate of drug-likeness (QED) is 0.0549. The molecule has 3 atom stereocenters.